The summed E-state index contributed by atoms with van der Waals surface area (Å²) in [5.41, 5.74) is 0. The molecule has 0 aromatic carbocycles. The van der Waals surface area contributed by atoms with E-state index in [1.165, 1.54) is 135 Å². The lowest BCUT2D eigenvalue weighted by atomic mass is 9.95. The molecule has 122 heavy (non-hydrogen) atoms. The molecule has 2 rings (SSSR count). The average Bonchev–Trinajstić information content (AvgIpc) is 0.777. The topological polar surface area (TPSA) is 394 Å². The molecule has 12 N–H and O–H groups in total. The second-order valence-electron chi connectivity index (χ2n) is 35.7. The first-order valence-corrected chi connectivity index (χ1v) is 51.5. The fraction of sp³-hybridized carbons (Fsp3) is 0.938. The minimum absolute atomic E-state index is 0. The Kier molecular flexibility index (Phi) is 75.1. The van der Waals surface area contributed by atoms with Crippen LogP contribution in [0.15, 0.2) is 0 Å². The first-order chi connectivity index (χ1) is 58.6. The van der Waals surface area contributed by atoms with Gasteiger partial charge < -0.3 is 85.3 Å². The van der Waals surface area contributed by atoms with Crippen LogP contribution >= 0.6 is 7.82 Å². The van der Waals surface area contributed by atoms with Crippen molar-refractivity contribution in [1.29, 1.82) is 0 Å². The molecule has 0 unspecified atom stereocenters. The summed E-state index contributed by atoms with van der Waals surface area (Å²) >= 11 is 0. The van der Waals surface area contributed by atoms with Crippen molar-refractivity contribution in [3.05, 3.63) is 0 Å². The van der Waals surface area contributed by atoms with Crippen LogP contribution < -0.4 is 16.8 Å². The summed E-state index contributed by atoms with van der Waals surface area (Å²) in [4.78, 5) is 107. The number of carbonyl (C=O) groups excluding carboxylic acids is 6. The van der Waals surface area contributed by atoms with Crippen molar-refractivity contribution in [3.63, 3.8) is 0 Å². The number of ether oxygens (including phenoxy) is 7. The van der Waals surface area contributed by atoms with E-state index < -0.39 is 168 Å². The Hall–Kier alpha value is -3.43. The number of rotatable bonds is 84. The largest absolute Gasteiger partial charge is 0.470 e. The average molecular weight is 1760 g/mol. The molecule has 26 heteroatoms. The lowest BCUT2D eigenvalue weighted by molar-refractivity contribution is -0.298. The number of unbranched alkanes of at least 4 members (excludes halogenated alkanes) is 52. The van der Waals surface area contributed by atoms with Gasteiger partial charge in [0.1, 0.15) is 48.7 Å². The van der Waals surface area contributed by atoms with Crippen LogP contribution in [0.4, 0.5) is 0 Å². The summed E-state index contributed by atoms with van der Waals surface area (Å²) < 4.78 is 61.9. The van der Waals surface area contributed by atoms with Crippen LogP contribution in [0.25, 0.3) is 0 Å². The van der Waals surface area contributed by atoms with Crippen molar-refractivity contribution in [2.45, 2.75) is 564 Å². The highest BCUT2D eigenvalue weighted by Gasteiger charge is 2.54. The molecule has 25 nitrogen and oxygen atoms in total. The van der Waals surface area contributed by atoms with Gasteiger partial charge in [-0.3, -0.25) is 33.3 Å². The maximum absolute atomic E-state index is 15.1. The summed E-state index contributed by atoms with van der Waals surface area (Å²) in [6.07, 6.45) is 40.7. The van der Waals surface area contributed by atoms with Crippen LogP contribution in [0.3, 0.4) is 0 Å². The lowest BCUT2D eigenvalue weighted by Crippen LogP contribution is -2.68. The quantitative estimate of drug-likeness (QED) is 0.0117. The van der Waals surface area contributed by atoms with Crippen molar-refractivity contribution in [2.24, 2.45) is 0 Å². The molecule has 0 aliphatic carbocycles. The van der Waals surface area contributed by atoms with Crippen molar-refractivity contribution in [2.75, 3.05) is 13.2 Å². The Labute approximate surface area is 740 Å². The van der Waals surface area contributed by atoms with Gasteiger partial charge in [-0.25, -0.2) is 4.57 Å². The van der Waals surface area contributed by atoms with E-state index >= 15 is 4.79 Å². The van der Waals surface area contributed by atoms with Crippen molar-refractivity contribution in [3.8, 4) is 0 Å². The number of phosphoric acid groups is 1. The second-order valence-corrected chi connectivity index (χ2v) is 36.8. The summed E-state index contributed by atoms with van der Waals surface area (Å²) in [7, 11) is -5.62. The first kappa shape index (κ1) is 117. The number of carbonyl (C=O) groups is 6. The van der Waals surface area contributed by atoms with Crippen LogP contribution in [0.5, 0.6) is 0 Å². The van der Waals surface area contributed by atoms with E-state index in [1.807, 2.05) is 0 Å². The van der Waals surface area contributed by atoms with Gasteiger partial charge in [0.15, 0.2) is 24.8 Å². The van der Waals surface area contributed by atoms with Crippen molar-refractivity contribution >= 4 is 43.5 Å². The number of esters is 4. The van der Waals surface area contributed by atoms with Gasteiger partial charge in [-0.1, -0.05) is 388 Å². The molecular weight excluding hydrogens is 1580 g/mol. The molecule has 0 radical (unpaired) electrons. The fourth-order valence-electron chi connectivity index (χ4n) is 16.7. The fourth-order valence-corrected chi connectivity index (χ4v) is 17.3. The Morgan fingerprint density at radius 1 is 0.352 bits per heavy atom. The van der Waals surface area contributed by atoms with Crippen LogP contribution in [0.1, 0.15) is 478 Å². The standard InChI is InChI=1S/C96H181N2O22P.H3N/c1-7-13-19-25-31-37-39-45-51-57-63-69-85(104)114-79(67-61-55-49-43-35-29-23-17-11-5)73-84(103)98-90-94(119-88(107)74-80(68-62-56-50-44-36-30-24-18-12-6)115-86(105)70-64-58-52-46-40-38-32-26-20-14-8-2)92(120-121(110,111)112)81(75-99)117-96(90)113-76-82-91(108)93(118-87(106)72-78(101)66-60-54-48-42-34-28-22-16-10-4)89(95(109)116-82)97-83(102)71-77(100)65-59-53-47-41-33-27-21-15-9-3;/h77-82,89-96,99-101,108-109H,7-76H2,1-6H3,(H,97,102)(H,98,103)(H2,110,111,112);1H3/t77-,78-,79-,80-,81-,82-,89-,90-,91-,92-,93-,94-,95+,96-;/m1./s1. The van der Waals surface area contributed by atoms with E-state index in [-0.39, 0.29) is 31.8 Å². The number of aliphatic hydroxyl groups is 5. The van der Waals surface area contributed by atoms with E-state index in [9.17, 15) is 63.9 Å². The molecular formula is C96H184N3O22P. The molecule has 2 amide bonds. The highest BCUT2D eigenvalue weighted by atomic mass is 31.2. The maximum atomic E-state index is 15.1. The molecule has 720 valence electrons. The van der Waals surface area contributed by atoms with Gasteiger partial charge in [0, 0.05) is 12.8 Å². The van der Waals surface area contributed by atoms with E-state index in [0.29, 0.717) is 51.4 Å². The Balaban J connectivity index is 0.0000744. The zero-order chi connectivity index (χ0) is 88.6. The smallest absolute Gasteiger partial charge is 0.462 e. The van der Waals surface area contributed by atoms with E-state index in [4.69, 9.17) is 37.7 Å². The predicted octanol–water partition coefficient (Wildman–Crippen LogP) is 21.4. The van der Waals surface area contributed by atoms with Gasteiger partial charge >= 0.3 is 31.7 Å². The minimum Gasteiger partial charge on any atom is -0.462 e. The molecule has 2 aliphatic rings. The molecule has 2 heterocycles. The normalized spacial score (nSPS) is 20.2. The summed E-state index contributed by atoms with van der Waals surface area (Å²) in [6.45, 7) is 11.3. The third-order valence-corrected chi connectivity index (χ3v) is 24.6. The monoisotopic (exact) mass is 1760 g/mol. The van der Waals surface area contributed by atoms with E-state index in [1.54, 1.807) is 0 Å². The molecule has 2 saturated heterocycles. The van der Waals surface area contributed by atoms with Crippen molar-refractivity contribution in [1.82, 2.24) is 16.8 Å². The first-order valence-electron chi connectivity index (χ1n) is 50.0. The van der Waals surface area contributed by atoms with Crippen LogP contribution in [-0.2, 0) is 71.0 Å². The lowest BCUT2D eigenvalue weighted by Gasteiger charge is -2.46. The third kappa shape index (κ3) is 61.9. The third-order valence-electron chi connectivity index (χ3n) is 24.1. The number of phosphoric ester groups is 1. The minimum atomic E-state index is -5.62. The molecule has 0 spiro atoms. The highest BCUT2D eigenvalue weighted by molar-refractivity contribution is 7.46. The Morgan fingerprint density at radius 3 is 1.02 bits per heavy atom. The van der Waals surface area contributed by atoms with Crippen LogP contribution in [0, 0.1) is 0 Å². The Bertz CT molecular complexity index is 2560. The van der Waals surface area contributed by atoms with Gasteiger partial charge in [-0.05, 0) is 51.4 Å². The molecule has 0 saturated carbocycles. The zero-order valence-electron chi connectivity index (χ0n) is 78.0. The number of hydrogen-bond donors (Lipinski definition) is 10. The van der Waals surface area contributed by atoms with Crippen molar-refractivity contribution < 1.29 is 106 Å². The molecule has 2 aliphatic heterocycles. The van der Waals surface area contributed by atoms with E-state index in [2.05, 4.69) is 52.2 Å². The molecule has 0 aromatic rings. The van der Waals surface area contributed by atoms with Gasteiger partial charge in [0.25, 0.3) is 0 Å². The zero-order valence-corrected chi connectivity index (χ0v) is 78.9. The summed E-state index contributed by atoms with van der Waals surface area (Å²) in [6, 6.07) is -3.47. The summed E-state index contributed by atoms with van der Waals surface area (Å²) in [5.74, 6) is -4.55. The molecule has 14 atom stereocenters. The maximum Gasteiger partial charge on any atom is 0.470 e. The number of amides is 2. The van der Waals surface area contributed by atoms with Gasteiger partial charge in [-0.2, -0.15) is 0 Å². The predicted molar refractivity (Wildman–Crippen MR) is 484 cm³/mol. The number of aliphatic hydroxyl groups excluding tert-OH is 5. The number of hydrogen-bond acceptors (Lipinski definition) is 21. The van der Waals surface area contributed by atoms with E-state index in [0.717, 1.165) is 199 Å². The molecule has 0 aromatic heterocycles. The van der Waals surface area contributed by atoms with Gasteiger partial charge in [0.05, 0.1) is 51.1 Å². The highest BCUT2D eigenvalue weighted by Crippen LogP contribution is 2.43. The SMILES string of the molecule is CCCCCCCCCCCCCC(=O)O[C@H](CCCCCCCCCCC)CC(=O)N[C@H]1[C@H](OC[C@H]2O[C@H](O)[C@H](NC(=O)C[C@H](O)CCCCCCCCCCC)[C@@H](OC(=O)C[C@H](O)CCCCCCCCCCC)[C@@H]2O)O[C@H](CO)[C@@H](OP(=O)(O)O)[C@@H]1OC(=O)C[C@@H](CCCCCCCCCCC)OC(=O)CCCCCCCCCCCCC.N. The number of nitrogens with one attached hydrogen (secondary N) is 2. The van der Waals surface area contributed by atoms with Crippen LogP contribution in [-0.4, -0.2) is 170 Å². The molecule has 0 bridgehead atoms. The second kappa shape index (κ2) is 78.6. The Morgan fingerprint density at radius 2 is 0.656 bits per heavy atom. The van der Waals surface area contributed by atoms with Gasteiger partial charge in [0.2, 0.25) is 11.8 Å². The molecule has 2 fully saturated rings. The van der Waals surface area contributed by atoms with Crippen LogP contribution in [0.2, 0.25) is 0 Å². The summed E-state index contributed by atoms with van der Waals surface area (Å²) in [5, 5.41) is 63.3. The van der Waals surface area contributed by atoms with Gasteiger partial charge in [-0.15, -0.1) is 0 Å².